The predicted molar refractivity (Wildman–Crippen MR) is 85.1 cm³/mol. The smallest absolute Gasteiger partial charge is 0.133 e. The second kappa shape index (κ2) is 6.35. The normalized spacial score (nSPS) is 19.3. The van der Waals surface area contributed by atoms with Gasteiger partial charge in [0.05, 0.1) is 16.7 Å². The van der Waals surface area contributed by atoms with Crippen molar-refractivity contribution in [1.82, 2.24) is 9.88 Å². The van der Waals surface area contributed by atoms with Crippen molar-refractivity contribution in [3.63, 3.8) is 0 Å². The van der Waals surface area contributed by atoms with Crippen LogP contribution in [0, 0.1) is 5.92 Å². The van der Waals surface area contributed by atoms with Crippen LogP contribution in [-0.2, 0) is 6.54 Å². The van der Waals surface area contributed by atoms with Gasteiger partial charge >= 0.3 is 0 Å². The second-order valence-electron chi connectivity index (χ2n) is 5.48. The third kappa shape index (κ3) is 3.28. The van der Waals surface area contributed by atoms with Crippen LogP contribution in [0.4, 0.5) is 0 Å². The first kappa shape index (κ1) is 14.2. The molecule has 3 rings (SSSR count). The number of rotatable bonds is 4. The molecule has 20 heavy (non-hydrogen) atoms. The van der Waals surface area contributed by atoms with Gasteiger partial charge in [-0.05, 0) is 50.2 Å². The lowest BCUT2D eigenvalue weighted by atomic mass is 9.92. The van der Waals surface area contributed by atoms with Gasteiger partial charge in [0, 0.05) is 11.9 Å². The maximum atomic E-state index is 9.63. The summed E-state index contributed by atoms with van der Waals surface area (Å²) >= 11 is 3.48. The number of thiazole rings is 1. The molecule has 1 aliphatic heterocycles. The number of aliphatic hydroxyl groups is 1. The molecule has 0 aliphatic carbocycles. The topological polar surface area (TPSA) is 36.4 Å². The van der Waals surface area contributed by atoms with Crippen LogP contribution >= 0.6 is 22.7 Å². The Morgan fingerprint density at radius 1 is 1.40 bits per heavy atom. The Labute approximate surface area is 127 Å². The van der Waals surface area contributed by atoms with Crippen molar-refractivity contribution in [2.24, 2.45) is 5.92 Å². The Balaban J connectivity index is 1.57. The SMILES string of the molecule is CC(O)C1CCN(Cc2csc(-c3cccs3)n2)CC1. The standard InChI is InChI=1S/C15H20N2OS2/c1-11(18)12-4-6-17(7-5-12)9-13-10-20-15(16-13)14-3-2-8-19-14/h2-3,8,10-12,18H,4-7,9H2,1H3. The highest BCUT2D eigenvalue weighted by Crippen LogP contribution is 2.29. The Hall–Kier alpha value is -0.750. The third-order valence-corrected chi connectivity index (χ3v) is 5.91. The van der Waals surface area contributed by atoms with E-state index in [9.17, 15) is 5.11 Å². The fourth-order valence-corrected chi connectivity index (χ4v) is 4.34. The molecule has 0 spiro atoms. The molecule has 108 valence electrons. The summed E-state index contributed by atoms with van der Waals surface area (Å²) in [4.78, 5) is 8.45. The molecule has 1 saturated heterocycles. The zero-order chi connectivity index (χ0) is 13.9. The second-order valence-corrected chi connectivity index (χ2v) is 7.28. The summed E-state index contributed by atoms with van der Waals surface area (Å²) in [5, 5.41) is 15.0. The molecule has 0 aromatic carbocycles. The average molecular weight is 308 g/mol. The summed E-state index contributed by atoms with van der Waals surface area (Å²) in [7, 11) is 0. The maximum absolute atomic E-state index is 9.63. The summed E-state index contributed by atoms with van der Waals surface area (Å²) in [5.41, 5.74) is 1.17. The van der Waals surface area contributed by atoms with Gasteiger partial charge in [-0.2, -0.15) is 0 Å². The van der Waals surface area contributed by atoms with Crippen LogP contribution < -0.4 is 0 Å². The fourth-order valence-electron chi connectivity index (χ4n) is 2.72. The van der Waals surface area contributed by atoms with Gasteiger partial charge in [-0.25, -0.2) is 4.98 Å². The van der Waals surface area contributed by atoms with Crippen molar-refractivity contribution in [3.05, 3.63) is 28.6 Å². The van der Waals surface area contributed by atoms with E-state index in [1.807, 2.05) is 6.92 Å². The minimum atomic E-state index is -0.165. The number of hydrogen-bond acceptors (Lipinski definition) is 5. The lowest BCUT2D eigenvalue weighted by Gasteiger charge is -2.32. The molecule has 5 heteroatoms. The molecule has 1 aliphatic rings. The van der Waals surface area contributed by atoms with E-state index in [4.69, 9.17) is 4.98 Å². The number of piperidine rings is 1. The molecule has 2 aromatic heterocycles. The highest BCUT2D eigenvalue weighted by atomic mass is 32.1. The number of aliphatic hydroxyl groups excluding tert-OH is 1. The first-order valence-corrected chi connectivity index (χ1v) is 8.87. The molecule has 3 heterocycles. The van der Waals surface area contributed by atoms with Crippen molar-refractivity contribution in [2.45, 2.75) is 32.4 Å². The van der Waals surface area contributed by atoms with Gasteiger partial charge in [-0.3, -0.25) is 4.90 Å². The van der Waals surface area contributed by atoms with Gasteiger partial charge in [0.2, 0.25) is 0 Å². The molecule has 1 fully saturated rings. The van der Waals surface area contributed by atoms with E-state index in [2.05, 4.69) is 27.8 Å². The van der Waals surface area contributed by atoms with E-state index in [0.29, 0.717) is 5.92 Å². The summed E-state index contributed by atoms with van der Waals surface area (Å²) < 4.78 is 0. The largest absolute Gasteiger partial charge is 0.393 e. The molecule has 1 atom stereocenters. The van der Waals surface area contributed by atoms with Gasteiger partial charge in [-0.15, -0.1) is 22.7 Å². The number of likely N-dealkylation sites (tertiary alicyclic amines) is 1. The molecule has 1 unspecified atom stereocenters. The highest BCUT2D eigenvalue weighted by Gasteiger charge is 2.23. The van der Waals surface area contributed by atoms with Crippen LogP contribution in [0.3, 0.4) is 0 Å². The minimum absolute atomic E-state index is 0.165. The predicted octanol–water partition coefficient (Wildman–Crippen LogP) is 3.46. The van der Waals surface area contributed by atoms with Gasteiger partial charge in [0.15, 0.2) is 0 Å². The Bertz CT molecular complexity index is 528. The van der Waals surface area contributed by atoms with Crippen molar-refractivity contribution >= 4 is 22.7 Å². The zero-order valence-corrected chi connectivity index (χ0v) is 13.3. The Kier molecular flexibility index (Phi) is 4.51. The fraction of sp³-hybridized carbons (Fsp3) is 0.533. The first-order valence-electron chi connectivity index (χ1n) is 7.11. The molecule has 0 bridgehead atoms. The van der Waals surface area contributed by atoms with Crippen LogP contribution in [0.5, 0.6) is 0 Å². The molecule has 0 radical (unpaired) electrons. The van der Waals surface area contributed by atoms with Gasteiger partial charge < -0.3 is 5.11 Å². The molecule has 0 amide bonds. The third-order valence-electron chi connectivity index (χ3n) is 3.98. The minimum Gasteiger partial charge on any atom is -0.393 e. The molecular formula is C15H20N2OS2. The van der Waals surface area contributed by atoms with Gasteiger partial charge in [0.1, 0.15) is 5.01 Å². The summed E-state index contributed by atoms with van der Waals surface area (Å²) in [6.07, 6.45) is 2.03. The zero-order valence-electron chi connectivity index (χ0n) is 11.7. The lowest BCUT2D eigenvalue weighted by molar-refractivity contribution is 0.0692. The number of aromatic nitrogens is 1. The van der Waals surface area contributed by atoms with Crippen molar-refractivity contribution in [1.29, 1.82) is 0 Å². The quantitative estimate of drug-likeness (QED) is 0.939. The molecule has 0 saturated carbocycles. The molecule has 1 N–H and O–H groups in total. The first-order chi connectivity index (χ1) is 9.72. The van der Waals surface area contributed by atoms with Crippen LogP contribution in [0.1, 0.15) is 25.5 Å². The molecule has 2 aromatic rings. The number of thiophene rings is 1. The Morgan fingerprint density at radius 2 is 2.20 bits per heavy atom. The highest BCUT2D eigenvalue weighted by molar-refractivity contribution is 7.20. The molecular weight excluding hydrogens is 288 g/mol. The van der Waals surface area contributed by atoms with Crippen LogP contribution in [0.2, 0.25) is 0 Å². The lowest BCUT2D eigenvalue weighted by Crippen LogP contribution is -2.36. The summed E-state index contributed by atoms with van der Waals surface area (Å²) in [6, 6.07) is 4.20. The summed E-state index contributed by atoms with van der Waals surface area (Å²) in [6.45, 7) is 4.99. The monoisotopic (exact) mass is 308 g/mol. The van der Waals surface area contributed by atoms with Crippen molar-refractivity contribution < 1.29 is 5.11 Å². The van der Waals surface area contributed by atoms with Crippen molar-refractivity contribution in [2.75, 3.05) is 13.1 Å². The van der Waals surface area contributed by atoms with Crippen LogP contribution in [0.25, 0.3) is 9.88 Å². The van der Waals surface area contributed by atoms with E-state index in [1.54, 1.807) is 22.7 Å². The van der Waals surface area contributed by atoms with Crippen LogP contribution in [0.15, 0.2) is 22.9 Å². The van der Waals surface area contributed by atoms with E-state index in [0.717, 1.165) is 37.5 Å². The average Bonchev–Trinajstić information content (AvgIpc) is 3.09. The molecule has 3 nitrogen and oxygen atoms in total. The van der Waals surface area contributed by atoms with Crippen LogP contribution in [-0.4, -0.2) is 34.2 Å². The van der Waals surface area contributed by atoms with E-state index in [1.165, 1.54) is 10.6 Å². The summed E-state index contributed by atoms with van der Waals surface area (Å²) in [5.74, 6) is 0.475. The Morgan fingerprint density at radius 3 is 2.85 bits per heavy atom. The van der Waals surface area contributed by atoms with Crippen molar-refractivity contribution in [3.8, 4) is 9.88 Å². The van der Waals surface area contributed by atoms with Gasteiger partial charge in [0.25, 0.3) is 0 Å². The van der Waals surface area contributed by atoms with Gasteiger partial charge in [-0.1, -0.05) is 6.07 Å². The van der Waals surface area contributed by atoms with E-state index >= 15 is 0 Å². The maximum Gasteiger partial charge on any atom is 0.133 e. The van der Waals surface area contributed by atoms with E-state index < -0.39 is 0 Å². The van der Waals surface area contributed by atoms with E-state index in [-0.39, 0.29) is 6.10 Å². The number of hydrogen-bond donors (Lipinski definition) is 1. The number of nitrogens with zero attached hydrogens (tertiary/aromatic N) is 2.